The Labute approximate surface area is 128 Å². The fourth-order valence-corrected chi connectivity index (χ4v) is 2.35. The van der Waals surface area contributed by atoms with Crippen LogP contribution >= 0.6 is 22.6 Å². The van der Waals surface area contributed by atoms with E-state index in [0.717, 1.165) is 26.4 Å². The molecule has 100 valence electrons. The van der Waals surface area contributed by atoms with Gasteiger partial charge in [0.05, 0.1) is 17.4 Å². The molecule has 0 unspecified atom stereocenters. The van der Waals surface area contributed by atoms with Crippen molar-refractivity contribution in [1.29, 1.82) is 0 Å². The second-order valence-corrected chi connectivity index (χ2v) is 5.08. The number of anilines is 1. The molecule has 0 aliphatic carbocycles. The minimum atomic E-state index is 0.705. The highest BCUT2D eigenvalue weighted by molar-refractivity contribution is 14.1. The number of halogens is 1. The lowest BCUT2D eigenvalue weighted by molar-refractivity contribution is 1.24. The maximum absolute atomic E-state index is 4.30. The van der Waals surface area contributed by atoms with Gasteiger partial charge >= 0.3 is 0 Å². The SMILES string of the molecule is CN=C(Nc1cnc2nc(I)[nH]c2c1)c1cccnc1. The predicted octanol–water partition coefficient (Wildman–Crippen LogP) is 2.45. The molecular weight excluding hydrogens is 367 g/mol. The zero-order chi connectivity index (χ0) is 13.9. The third-order valence-corrected chi connectivity index (χ3v) is 3.24. The summed E-state index contributed by atoms with van der Waals surface area (Å²) >= 11 is 2.13. The van der Waals surface area contributed by atoms with E-state index in [-0.39, 0.29) is 0 Å². The first kappa shape index (κ1) is 13.0. The van der Waals surface area contributed by atoms with E-state index in [1.54, 1.807) is 25.6 Å². The van der Waals surface area contributed by atoms with Crippen molar-refractivity contribution in [1.82, 2.24) is 19.9 Å². The normalized spacial score (nSPS) is 11.8. The van der Waals surface area contributed by atoms with Gasteiger partial charge in [0, 0.05) is 25.0 Å². The van der Waals surface area contributed by atoms with Crippen LogP contribution in [0, 0.1) is 3.83 Å². The van der Waals surface area contributed by atoms with Crippen LogP contribution in [0.25, 0.3) is 11.2 Å². The Morgan fingerprint density at radius 3 is 3.05 bits per heavy atom. The van der Waals surface area contributed by atoms with Gasteiger partial charge in [0.15, 0.2) is 9.48 Å². The number of imidazole rings is 1. The molecule has 7 heteroatoms. The Morgan fingerprint density at radius 1 is 1.40 bits per heavy atom. The first-order chi connectivity index (χ1) is 9.76. The Morgan fingerprint density at radius 2 is 2.30 bits per heavy atom. The van der Waals surface area contributed by atoms with Gasteiger partial charge < -0.3 is 10.3 Å². The van der Waals surface area contributed by atoms with Crippen molar-refractivity contribution in [2.24, 2.45) is 4.99 Å². The summed E-state index contributed by atoms with van der Waals surface area (Å²) in [7, 11) is 1.74. The van der Waals surface area contributed by atoms with Crippen molar-refractivity contribution in [3.05, 3.63) is 46.2 Å². The molecule has 0 bridgehead atoms. The van der Waals surface area contributed by atoms with E-state index in [1.165, 1.54) is 0 Å². The first-order valence-corrected chi connectivity index (χ1v) is 6.99. The molecule has 0 amide bonds. The lowest BCUT2D eigenvalue weighted by Gasteiger charge is -2.08. The zero-order valence-corrected chi connectivity index (χ0v) is 12.8. The zero-order valence-electron chi connectivity index (χ0n) is 10.6. The van der Waals surface area contributed by atoms with E-state index in [2.05, 4.69) is 52.8 Å². The number of H-pyrrole nitrogens is 1. The Bertz CT molecular complexity index is 765. The maximum Gasteiger partial charge on any atom is 0.178 e. The minimum Gasteiger partial charge on any atom is -0.339 e. The van der Waals surface area contributed by atoms with Crippen molar-refractivity contribution < 1.29 is 0 Å². The van der Waals surface area contributed by atoms with Crippen molar-refractivity contribution in [3.8, 4) is 0 Å². The van der Waals surface area contributed by atoms with Crippen molar-refractivity contribution in [2.75, 3.05) is 12.4 Å². The number of fused-ring (bicyclic) bond motifs is 1. The molecule has 0 saturated carbocycles. The fraction of sp³-hybridized carbons (Fsp3) is 0.0769. The number of hydrogen-bond donors (Lipinski definition) is 2. The molecule has 3 aromatic heterocycles. The van der Waals surface area contributed by atoms with Gasteiger partial charge in [-0.15, -0.1) is 0 Å². The van der Waals surface area contributed by atoms with Crippen LogP contribution < -0.4 is 5.32 Å². The molecule has 20 heavy (non-hydrogen) atoms. The first-order valence-electron chi connectivity index (χ1n) is 5.92. The molecule has 0 atom stereocenters. The van der Waals surface area contributed by atoms with Gasteiger partial charge in [0.2, 0.25) is 0 Å². The number of aromatic amines is 1. The van der Waals surface area contributed by atoms with Crippen LogP contribution in [0.15, 0.2) is 41.8 Å². The molecule has 3 aromatic rings. The highest BCUT2D eigenvalue weighted by Crippen LogP contribution is 2.16. The summed E-state index contributed by atoms with van der Waals surface area (Å²) in [5, 5.41) is 3.24. The van der Waals surface area contributed by atoms with E-state index in [9.17, 15) is 0 Å². The lowest BCUT2D eigenvalue weighted by Crippen LogP contribution is -2.13. The fourth-order valence-electron chi connectivity index (χ4n) is 1.84. The number of aliphatic imine (C=N–C) groups is 1. The minimum absolute atomic E-state index is 0.705. The number of nitrogens with one attached hydrogen (secondary N) is 2. The number of rotatable bonds is 2. The van der Waals surface area contributed by atoms with Crippen LogP contribution in [-0.4, -0.2) is 32.8 Å². The van der Waals surface area contributed by atoms with Crippen molar-refractivity contribution in [3.63, 3.8) is 0 Å². The Balaban J connectivity index is 1.91. The van der Waals surface area contributed by atoms with Gasteiger partial charge in [-0.3, -0.25) is 9.98 Å². The van der Waals surface area contributed by atoms with Crippen LogP contribution in [-0.2, 0) is 0 Å². The van der Waals surface area contributed by atoms with Crippen LogP contribution in [0.4, 0.5) is 5.69 Å². The average Bonchev–Trinajstić information content (AvgIpc) is 2.85. The van der Waals surface area contributed by atoms with E-state index >= 15 is 0 Å². The monoisotopic (exact) mass is 378 g/mol. The molecule has 0 radical (unpaired) electrons. The summed E-state index contributed by atoms with van der Waals surface area (Å²) in [6.07, 6.45) is 5.23. The Kier molecular flexibility index (Phi) is 3.59. The summed E-state index contributed by atoms with van der Waals surface area (Å²) in [4.78, 5) is 20.1. The molecule has 0 aliphatic rings. The van der Waals surface area contributed by atoms with Gasteiger partial charge in [-0.1, -0.05) is 0 Å². The molecule has 0 aliphatic heterocycles. The molecule has 3 rings (SSSR count). The summed E-state index contributed by atoms with van der Waals surface area (Å²) in [6.45, 7) is 0. The molecule has 2 N–H and O–H groups in total. The van der Waals surface area contributed by atoms with Gasteiger partial charge in [-0.25, -0.2) is 9.97 Å². The molecular formula is C13H11IN6. The number of aromatic nitrogens is 4. The summed E-state index contributed by atoms with van der Waals surface area (Å²) < 4.78 is 0.818. The molecule has 0 fully saturated rings. The van der Waals surface area contributed by atoms with E-state index in [0.29, 0.717) is 5.65 Å². The molecule has 0 saturated heterocycles. The van der Waals surface area contributed by atoms with Gasteiger partial charge in [-0.2, -0.15) is 0 Å². The van der Waals surface area contributed by atoms with E-state index in [1.807, 2.05) is 18.2 Å². The average molecular weight is 378 g/mol. The van der Waals surface area contributed by atoms with E-state index < -0.39 is 0 Å². The predicted molar refractivity (Wildman–Crippen MR) is 86.9 cm³/mol. The van der Waals surface area contributed by atoms with E-state index in [4.69, 9.17) is 0 Å². The number of nitrogens with zero attached hydrogens (tertiary/aromatic N) is 4. The van der Waals surface area contributed by atoms with Crippen LogP contribution in [0.2, 0.25) is 0 Å². The summed E-state index contributed by atoms with van der Waals surface area (Å²) in [5.74, 6) is 0.744. The third kappa shape index (κ3) is 2.62. The molecule has 0 spiro atoms. The Hall–Kier alpha value is -2.03. The number of hydrogen-bond acceptors (Lipinski definition) is 4. The van der Waals surface area contributed by atoms with Crippen molar-refractivity contribution >= 4 is 45.3 Å². The maximum atomic E-state index is 4.30. The third-order valence-electron chi connectivity index (χ3n) is 2.73. The highest BCUT2D eigenvalue weighted by atomic mass is 127. The summed E-state index contributed by atoms with van der Waals surface area (Å²) in [6, 6.07) is 5.79. The number of pyridine rings is 2. The van der Waals surface area contributed by atoms with Crippen LogP contribution in [0.5, 0.6) is 0 Å². The van der Waals surface area contributed by atoms with Crippen LogP contribution in [0.3, 0.4) is 0 Å². The molecule has 3 heterocycles. The van der Waals surface area contributed by atoms with Crippen molar-refractivity contribution in [2.45, 2.75) is 0 Å². The van der Waals surface area contributed by atoms with Gasteiger partial charge in [0.1, 0.15) is 5.84 Å². The van der Waals surface area contributed by atoms with Gasteiger partial charge in [-0.05, 0) is 40.8 Å². The second kappa shape index (κ2) is 5.53. The molecule has 6 nitrogen and oxygen atoms in total. The standard InChI is InChI=1S/C13H11IN6/c1-15-11(8-3-2-4-16-6-8)18-9-5-10-12(17-7-9)20-13(14)19-10/h2-7H,1H3,(H,15,18)(H,17,19,20). The smallest absolute Gasteiger partial charge is 0.178 e. The largest absolute Gasteiger partial charge is 0.339 e. The van der Waals surface area contributed by atoms with Gasteiger partial charge in [0.25, 0.3) is 0 Å². The molecule has 0 aromatic carbocycles. The summed E-state index contributed by atoms with van der Waals surface area (Å²) in [5.41, 5.74) is 3.37. The highest BCUT2D eigenvalue weighted by Gasteiger charge is 2.06. The second-order valence-electron chi connectivity index (χ2n) is 4.06. The topological polar surface area (TPSA) is 78.9 Å². The van der Waals surface area contributed by atoms with Crippen LogP contribution in [0.1, 0.15) is 5.56 Å². The quantitative estimate of drug-likeness (QED) is 0.408. The number of amidine groups is 1. The lowest BCUT2D eigenvalue weighted by atomic mass is 10.2.